The highest BCUT2D eigenvalue weighted by Crippen LogP contribution is 2.40. The van der Waals surface area contributed by atoms with Crippen molar-refractivity contribution in [1.82, 2.24) is 19.5 Å². The van der Waals surface area contributed by atoms with E-state index in [9.17, 15) is 0 Å². The zero-order chi connectivity index (χ0) is 37.3. The first-order valence-corrected chi connectivity index (χ1v) is 18.9. The molecule has 1 saturated heterocycles. The number of benzene rings is 6. The number of aryl methyl sites for hydroxylation is 1. The van der Waals surface area contributed by atoms with Gasteiger partial charge in [-0.3, -0.25) is 4.57 Å². The highest BCUT2D eigenvalue weighted by Gasteiger charge is 2.50. The number of hydrogen-bond acceptors (Lipinski definition) is 6. The number of nitrogens with zero attached hydrogens (tertiary/aromatic N) is 4. The molecule has 7 nitrogen and oxygen atoms in total. The minimum Gasteiger partial charge on any atom is -0.456 e. The third-order valence-corrected chi connectivity index (χ3v) is 11.4. The van der Waals surface area contributed by atoms with Crippen molar-refractivity contribution in [2.45, 2.75) is 51.6 Å². The molecule has 8 heteroatoms. The topological polar surface area (TPSA) is 75.2 Å². The van der Waals surface area contributed by atoms with E-state index in [2.05, 4.69) is 111 Å². The van der Waals surface area contributed by atoms with Gasteiger partial charge in [-0.15, -0.1) is 0 Å². The molecule has 268 valence electrons. The van der Waals surface area contributed by atoms with Gasteiger partial charge in [0.15, 0.2) is 11.6 Å². The second-order valence-electron chi connectivity index (χ2n) is 15.4. The van der Waals surface area contributed by atoms with Crippen molar-refractivity contribution in [2.24, 2.45) is 0 Å². The SMILES string of the molecule is CC1(C)OB(CCc2cccc3oc4ccc(-c5ccc6c(c5)c5ccccc5n6-c5nc(-c6ccccc6)nc(-c6ccccc6)n5)cc4c23)OC1(C)C. The number of aromatic nitrogens is 4. The van der Waals surface area contributed by atoms with Gasteiger partial charge in [0.2, 0.25) is 5.95 Å². The van der Waals surface area contributed by atoms with Crippen molar-refractivity contribution in [3.8, 4) is 39.9 Å². The Balaban J connectivity index is 1.07. The van der Waals surface area contributed by atoms with E-state index in [1.165, 1.54) is 5.56 Å². The van der Waals surface area contributed by atoms with Crippen LogP contribution in [-0.4, -0.2) is 37.8 Å². The molecule has 1 aliphatic heterocycles. The maximum atomic E-state index is 6.40. The molecule has 0 saturated carbocycles. The lowest BCUT2D eigenvalue weighted by Gasteiger charge is -2.32. The molecule has 0 atom stereocenters. The summed E-state index contributed by atoms with van der Waals surface area (Å²) in [7, 11) is -0.254. The fourth-order valence-corrected chi connectivity index (χ4v) is 7.91. The predicted octanol–water partition coefficient (Wildman–Crippen LogP) is 11.5. The van der Waals surface area contributed by atoms with E-state index in [4.69, 9.17) is 28.7 Å². The third kappa shape index (κ3) is 5.72. The van der Waals surface area contributed by atoms with Crippen LogP contribution in [0.1, 0.15) is 33.3 Å². The first kappa shape index (κ1) is 33.5. The summed E-state index contributed by atoms with van der Waals surface area (Å²) in [6.45, 7) is 8.41. The van der Waals surface area contributed by atoms with Crippen LogP contribution < -0.4 is 0 Å². The molecule has 0 bridgehead atoms. The molecule has 0 aliphatic carbocycles. The largest absolute Gasteiger partial charge is 0.458 e. The maximum absolute atomic E-state index is 6.40. The van der Waals surface area contributed by atoms with E-state index < -0.39 is 0 Å². The molecule has 9 aromatic rings. The molecule has 0 spiro atoms. The van der Waals surface area contributed by atoms with Gasteiger partial charge in [0, 0.05) is 32.7 Å². The van der Waals surface area contributed by atoms with E-state index in [1.807, 2.05) is 60.7 Å². The molecule has 1 aliphatic rings. The summed E-state index contributed by atoms with van der Waals surface area (Å²) >= 11 is 0. The number of para-hydroxylation sites is 1. The van der Waals surface area contributed by atoms with Crippen molar-refractivity contribution >= 4 is 50.9 Å². The molecule has 55 heavy (non-hydrogen) atoms. The Morgan fingerprint density at radius 3 is 1.82 bits per heavy atom. The number of furan rings is 1. The predicted molar refractivity (Wildman–Crippen MR) is 222 cm³/mol. The normalized spacial score (nSPS) is 15.2. The van der Waals surface area contributed by atoms with Gasteiger partial charge in [-0.25, -0.2) is 4.98 Å². The number of rotatable bonds is 7. The van der Waals surface area contributed by atoms with Crippen LogP contribution in [0.25, 0.3) is 83.6 Å². The molecular weight excluding hydrogens is 679 g/mol. The number of hydrogen-bond donors (Lipinski definition) is 0. The molecule has 0 radical (unpaired) electrons. The second-order valence-corrected chi connectivity index (χ2v) is 15.4. The van der Waals surface area contributed by atoms with E-state index >= 15 is 0 Å². The molecule has 10 rings (SSSR count). The van der Waals surface area contributed by atoms with Gasteiger partial charge in [-0.2, -0.15) is 9.97 Å². The van der Waals surface area contributed by atoms with E-state index in [0.29, 0.717) is 17.6 Å². The molecule has 0 N–H and O–H groups in total. The minimum atomic E-state index is -0.351. The fourth-order valence-electron chi connectivity index (χ4n) is 7.91. The Morgan fingerprint density at radius 2 is 1.13 bits per heavy atom. The quantitative estimate of drug-likeness (QED) is 0.153. The molecule has 3 aromatic heterocycles. The van der Waals surface area contributed by atoms with Crippen molar-refractivity contribution in [3.05, 3.63) is 145 Å². The van der Waals surface area contributed by atoms with Crippen LogP contribution in [0.3, 0.4) is 0 Å². The van der Waals surface area contributed by atoms with Crippen LogP contribution >= 0.6 is 0 Å². The zero-order valence-corrected chi connectivity index (χ0v) is 31.3. The Labute approximate surface area is 319 Å². The minimum absolute atomic E-state index is 0.254. The summed E-state index contributed by atoms with van der Waals surface area (Å²) in [6.07, 6.45) is 1.58. The van der Waals surface area contributed by atoms with E-state index in [1.54, 1.807) is 0 Å². The van der Waals surface area contributed by atoms with E-state index in [0.717, 1.165) is 78.7 Å². The van der Waals surface area contributed by atoms with Gasteiger partial charge in [-0.1, -0.05) is 103 Å². The first-order chi connectivity index (χ1) is 26.7. The highest BCUT2D eigenvalue weighted by molar-refractivity contribution is 6.45. The summed E-state index contributed by atoms with van der Waals surface area (Å²) in [5.74, 6) is 1.83. The lowest BCUT2D eigenvalue weighted by Crippen LogP contribution is -2.41. The average molecular weight is 719 g/mol. The van der Waals surface area contributed by atoms with Crippen molar-refractivity contribution in [3.63, 3.8) is 0 Å². The second kappa shape index (κ2) is 12.8. The Hall–Kier alpha value is -6.09. The van der Waals surface area contributed by atoms with Gasteiger partial charge in [0.1, 0.15) is 11.2 Å². The first-order valence-electron chi connectivity index (χ1n) is 18.9. The van der Waals surface area contributed by atoms with Crippen LogP contribution in [0.2, 0.25) is 6.32 Å². The van der Waals surface area contributed by atoms with Crippen LogP contribution in [0, 0.1) is 0 Å². The molecule has 6 aromatic carbocycles. The van der Waals surface area contributed by atoms with Gasteiger partial charge in [-0.05, 0) is 93.5 Å². The Kier molecular flexibility index (Phi) is 7.77. The Morgan fingerprint density at radius 1 is 0.527 bits per heavy atom. The summed E-state index contributed by atoms with van der Waals surface area (Å²) in [4.78, 5) is 15.1. The zero-order valence-electron chi connectivity index (χ0n) is 31.3. The van der Waals surface area contributed by atoms with Crippen molar-refractivity contribution in [2.75, 3.05) is 0 Å². The lowest BCUT2D eigenvalue weighted by atomic mass is 9.81. The van der Waals surface area contributed by atoms with Gasteiger partial charge in [0.05, 0.1) is 22.2 Å². The molecule has 0 unspecified atom stereocenters. The van der Waals surface area contributed by atoms with Crippen LogP contribution in [0.4, 0.5) is 0 Å². The van der Waals surface area contributed by atoms with Gasteiger partial charge < -0.3 is 13.7 Å². The molecule has 4 heterocycles. The highest BCUT2D eigenvalue weighted by atomic mass is 16.7. The van der Waals surface area contributed by atoms with Gasteiger partial charge in [0.25, 0.3) is 0 Å². The molecule has 1 fully saturated rings. The summed E-state index contributed by atoms with van der Waals surface area (Å²) < 4.78 is 21.2. The van der Waals surface area contributed by atoms with Crippen molar-refractivity contribution < 1.29 is 13.7 Å². The van der Waals surface area contributed by atoms with Gasteiger partial charge >= 0.3 is 7.12 Å². The molecular formula is C47H39BN4O3. The van der Waals surface area contributed by atoms with Crippen LogP contribution in [0.15, 0.2) is 144 Å². The third-order valence-electron chi connectivity index (χ3n) is 11.4. The van der Waals surface area contributed by atoms with Crippen LogP contribution in [0.5, 0.6) is 0 Å². The maximum Gasteiger partial charge on any atom is 0.458 e. The Bertz CT molecular complexity index is 2830. The van der Waals surface area contributed by atoms with Crippen molar-refractivity contribution in [1.29, 1.82) is 0 Å². The fraction of sp³-hybridized carbons (Fsp3) is 0.170. The summed E-state index contributed by atoms with van der Waals surface area (Å²) in [5, 5.41) is 4.50. The average Bonchev–Trinajstić information content (AvgIpc) is 3.82. The smallest absolute Gasteiger partial charge is 0.456 e. The van der Waals surface area contributed by atoms with E-state index in [-0.39, 0.29) is 18.3 Å². The summed E-state index contributed by atoms with van der Waals surface area (Å²) in [5.41, 5.74) is 8.44. The lowest BCUT2D eigenvalue weighted by molar-refractivity contribution is 0.00578. The van der Waals surface area contributed by atoms with Crippen LogP contribution in [-0.2, 0) is 15.7 Å². The summed E-state index contributed by atoms with van der Waals surface area (Å²) in [6, 6.07) is 48.2. The number of fused-ring (bicyclic) bond motifs is 6. The standard InChI is InChI=1S/C47H39BN4O3/c1-46(2)47(3,4)55-48(54-46)27-26-30-18-13-21-41-42(30)37-29-34(23-25-40(37)53-41)33-22-24-39-36(28-33)35-19-11-12-20-38(35)52(39)45-50-43(31-14-7-5-8-15-31)49-44(51-45)32-16-9-6-10-17-32/h5-25,28-29H,26-27H2,1-4H3. The molecule has 0 amide bonds. The monoisotopic (exact) mass is 718 g/mol.